The Morgan fingerprint density at radius 3 is 3.00 bits per heavy atom. The number of tetrazole rings is 1. The Hall–Kier alpha value is -1.51. The second-order valence-corrected chi connectivity index (χ2v) is 4.72. The number of nitrogens with zero attached hydrogens (tertiary/aromatic N) is 3. The maximum Gasteiger partial charge on any atom is 0.251 e. The van der Waals surface area contributed by atoms with Gasteiger partial charge in [0, 0.05) is 9.13 Å². The highest BCUT2D eigenvalue weighted by Crippen LogP contribution is 2.10. The van der Waals surface area contributed by atoms with Crippen molar-refractivity contribution in [3.63, 3.8) is 0 Å². The molecule has 0 bridgehead atoms. The topological polar surface area (TPSA) is 83.6 Å². The van der Waals surface area contributed by atoms with E-state index >= 15 is 0 Å². The monoisotopic (exact) mass is 343 g/mol. The van der Waals surface area contributed by atoms with Crippen LogP contribution in [0.3, 0.4) is 0 Å². The number of carbonyl (C=O) groups is 1. The zero-order valence-corrected chi connectivity index (χ0v) is 11.2. The fourth-order valence-electron chi connectivity index (χ4n) is 1.33. The van der Waals surface area contributed by atoms with Crippen LogP contribution in [0.15, 0.2) is 24.3 Å². The molecule has 17 heavy (non-hydrogen) atoms. The van der Waals surface area contributed by atoms with Gasteiger partial charge >= 0.3 is 0 Å². The summed E-state index contributed by atoms with van der Waals surface area (Å²) >= 11 is 2.16. The standard InChI is InChI=1S/C10H10IN5O/c1-6(9-13-15-16-14-9)12-10(17)7-3-2-4-8(11)5-7/h2-6H,1H3,(H,12,17)(H,13,14,15,16). The third-order valence-corrected chi connectivity index (χ3v) is 2.85. The molecule has 1 atom stereocenters. The average Bonchev–Trinajstić information content (AvgIpc) is 2.82. The van der Waals surface area contributed by atoms with Crippen LogP contribution in [-0.4, -0.2) is 26.5 Å². The SMILES string of the molecule is CC(NC(=O)c1cccc(I)c1)c1nn[nH]n1. The molecule has 0 aliphatic rings. The summed E-state index contributed by atoms with van der Waals surface area (Å²) in [6.45, 7) is 1.80. The van der Waals surface area contributed by atoms with E-state index in [0.717, 1.165) is 3.57 Å². The molecule has 0 saturated heterocycles. The van der Waals surface area contributed by atoms with Gasteiger partial charge in [0.15, 0.2) is 5.82 Å². The molecule has 7 heteroatoms. The Kier molecular flexibility index (Phi) is 3.67. The fraction of sp³-hybridized carbons (Fsp3) is 0.200. The highest BCUT2D eigenvalue weighted by molar-refractivity contribution is 14.1. The van der Waals surface area contributed by atoms with Crippen molar-refractivity contribution in [2.45, 2.75) is 13.0 Å². The number of amides is 1. The minimum atomic E-state index is -0.279. The molecule has 1 amide bonds. The van der Waals surface area contributed by atoms with Gasteiger partial charge in [-0.15, -0.1) is 10.2 Å². The van der Waals surface area contributed by atoms with Crippen LogP contribution in [0.4, 0.5) is 0 Å². The number of rotatable bonds is 3. The van der Waals surface area contributed by atoms with Crippen molar-refractivity contribution < 1.29 is 4.79 Å². The molecule has 0 aliphatic carbocycles. The van der Waals surface area contributed by atoms with Crippen LogP contribution in [0.5, 0.6) is 0 Å². The molecule has 1 aromatic carbocycles. The van der Waals surface area contributed by atoms with E-state index in [0.29, 0.717) is 11.4 Å². The number of H-pyrrole nitrogens is 1. The average molecular weight is 343 g/mol. The lowest BCUT2D eigenvalue weighted by atomic mass is 10.2. The van der Waals surface area contributed by atoms with E-state index in [-0.39, 0.29) is 11.9 Å². The van der Waals surface area contributed by atoms with Gasteiger partial charge in [-0.2, -0.15) is 5.21 Å². The normalized spacial score (nSPS) is 12.1. The predicted molar refractivity (Wildman–Crippen MR) is 69.2 cm³/mol. The first-order chi connectivity index (χ1) is 8.16. The zero-order chi connectivity index (χ0) is 12.3. The maximum atomic E-state index is 11.9. The van der Waals surface area contributed by atoms with Crippen LogP contribution in [0.1, 0.15) is 29.1 Å². The molecule has 2 aromatic rings. The quantitative estimate of drug-likeness (QED) is 0.823. The van der Waals surface area contributed by atoms with Crippen molar-refractivity contribution in [2.24, 2.45) is 0 Å². The van der Waals surface area contributed by atoms with Gasteiger partial charge in [0.25, 0.3) is 5.91 Å². The first-order valence-corrected chi connectivity index (χ1v) is 6.04. The Morgan fingerprint density at radius 2 is 2.35 bits per heavy atom. The van der Waals surface area contributed by atoms with Crippen LogP contribution in [0.25, 0.3) is 0 Å². The van der Waals surface area contributed by atoms with Crippen molar-refractivity contribution >= 4 is 28.5 Å². The van der Waals surface area contributed by atoms with Crippen molar-refractivity contribution in [3.05, 3.63) is 39.2 Å². The van der Waals surface area contributed by atoms with Gasteiger partial charge in [0.05, 0.1) is 6.04 Å². The van der Waals surface area contributed by atoms with Gasteiger partial charge in [-0.3, -0.25) is 4.79 Å². The predicted octanol–water partition coefficient (Wildman–Crippen LogP) is 1.30. The van der Waals surface area contributed by atoms with Gasteiger partial charge in [-0.05, 0) is 47.7 Å². The smallest absolute Gasteiger partial charge is 0.251 e. The molecular formula is C10H10IN5O. The summed E-state index contributed by atoms with van der Waals surface area (Å²) in [5.41, 5.74) is 0.618. The molecule has 2 N–H and O–H groups in total. The maximum absolute atomic E-state index is 11.9. The number of hydrogen-bond donors (Lipinski definition) is 2. The molecule has 2 rings (SSSR count). The van der Waals surface area contributed by atoms with Gasteiger partial charge in [-0.1, -0.05) is 11.3 Å². The molecule has 88 valence electrons. The van der Waals surface area contributed by atoms with E-state index in [9.17, 15) is 4.79 Å². The molecule has 1 unspecified atom stereocenters. The first-order valence-electron chi connectivity index (χ1n) is 4.96. The summed E-state index contributed by atoms with van der Waals surface area (Å²) in [6, 6.07) is 7.08. The van der Waals surface area contributed by atoms with Crippen LogP contribution in [-0.2, 0) is 0 Å². The first kappa shape index (κ1) is 12.0. The Bertz CT molecular complexity index is 513. The molecule has 0 aliphatic heterocycles. The summed E-state index contributed by atoms with van der Waals surface area (Å²) in [7, 11) is 0. The van der Waals surface area contributed by atoms with Crippen molar-refractivity contribution in [2.75, 3.05) is 0 Å². The van der Waals surface area contributed by atoms with E-state index in [1.54, 1.807) is 13.0 Å². The molecule has 0 spiro atoms. The van der Waals surface area contributed by atoms with E-state index in [4.69, 9.17) is 0 Å². The van der Waals surface area contributed by atoms with E-state index < -0.39 is 0 Å². The molecule has 6 nitrogen and oxygen atoms in total. The number of carbonyl (C=O) groups excluding carboxylic acids is 1. The van der Waals surface area contributed by atoms with Crippen LogP contribution >= 0.6 is 22.6 Å². The zero-order valence-electron chi connectivity index (χ0n) is 9.01. The van der Waals surface area contributed by atoms with E-state index in [1.807, 2.05) is 18.2 Å². The molecule has 0 saturated carbocycles. The third kappa shape index (κ3) is 2.99. The number of halogens is 1. The summed E-state index contributed by atoms with van der Waals surface area (Å²) in [5.74, 6) is 0.310. The van der Waals surface area contributed by atoms with Gasteiger partial charge < -0.3 is 5.32 Å². The van der Waals surface area contributed by atoms with Crippen molar-refractivity contribution in [3.8, 4) is 0 Å². The third-order valence-electron chi connectivity index (χ3n) is 2.18. The Balaban J connectivity index is 2.07. The summed E-state index contributed by atoms with van der Waals surface area (Å²) in [4.78, 5) is 11.9. The van der Waals surface area contributed by atoms with Crippen LogP contribution in [0, 0.1) is 3.57 Å². The summed E-state index contributed by atoms with van der Waals surface area (Å²) in [5, 5.41) is 16.2. The minimum absolute atomic E-state index is 0.152. The molecular weight excluding hydrogens is 333 g/mol. The summed E-state index contributed by atoms with van der Waals surface area (Å²) < 4.78 is 1.02. The molecule has 1 aromatic heterocycles. The largest absolute Gasteiger partial charge is 0.342 e. The number of hydrogen-bond acceptors (Lipinski definition) is 4. The number of benzene rings is 1. The van der Waals surface area contributed by atoms with Crippen LogP contribution in [0.2, 0.25) is 0 Å². The number of aromatic amines is 1. The second-order valence-electron chi connectivity index (χ2n) is 3.48. The lowest BCUT2D eigenvalue weighted by molar-refractivity contribution is 0.0938. The van der Waals surface area contributed by atoms with Crippen molar-refractivity contribution in [1.82, 2.24) is 25.9 Å². The fourth-order valence-corrected chi connectivity index (χ4v) is 1.87. The molecule has 0 fully saturated rings. The van der Waals surface area contributed by atoms with Gasteiger partial charge in [0.2, 0.25) is 0 Å². The lowest BCUT2D eigenvalue weighted by Crippen LogP contribution is -2.27. The Labute approximate surface area is 111 Å². The molecule has 1 heterocycles. The van der Waals surface area contributed by atoms with Gasteiger partial charge in [0.1, 0.15) is 0 Å². The highest BCUT2D eigenvalue weighted by Gasteiger charge is 2.14. The lowest BCUT2D eigenvalue weighted by Gasteiger charge is -2.09. The number of nitrogens with one attached hydrogen (secondary N) is 2. The Morgan fingerprint density at radius 1 is 1.53 bits per heavy atom. The van der Waals surface area contributed by atoms with Crippen LogP contribution < -0.4 is 5.32 Å². The van der Waals surface area contributed by atoms with E-state index in [2.05, 4.69) is 48.5 Å². The van der Waals surface area contributed by atoms with Crippen molar-refractivity contribution in [1.29, 1.82) is 0 Å². The van der Waals surface area contributed by atoms with Gasteiger partial charge in [-0.25, -0.2) is 0 Å². The molecule has 0 radical (unpaired) electrons. The summed E-state index contributed by atoms with van der Waals surface area (Å²) in [6.07, 6.45) is 0. The van der Waals surface area contributed by atoms with E-state index in [1.165, 1.54) is 0 Å². The second kappa shape index (κ2) is 5.21. The highest BCUT2D eigenvalue weighted by atomic mass is 127. The minimum Gasteiger partial charge on any atom is -0.342 e. The number of aromatic nitrogens is 4.